The van der Waals surface area contributed by atoms with Crippen molar-refractivity contribution in [3.8, 4) is 11.4 Å². The fourth-order valence-electron chi connectivity index (χ4n) is 3.14. The minimum Gasteiger partial charge on any atom is -0.465 e. The summed E-state index contributed by atoms with van der Waals surface area (Å²) in [4.78, 5) is 27.7. The predicted molar refractivity (Wildman–Crippen MR) is 92.3 cm³/mol. The van der Waals surface area contributed by atoms with E-state index in [-0.39, 0.29) is 28.9 Å². The molecule has 0 saturated carbocycles. The molecule has 3 N–H and O–H groups in total. The van der Waals surface area contributed by atoms with E-state index in [4.69, 9.17) is 5.11 Å². The highest BCUT2D eigenvalue weighted by Gasteiger charge is 2.25. The maximum absolute atomic E-state index is 13.4. The smallest absolute Gasteiger partial charge is 0.405 e. The monoisotopic (exact) mass is 379 g/mol. The molecule has 0 aromatic carbocycles. The summed E-state index contributed by atoms with van der Waals surface area (Å²) in [6.45, 7) is -1.19. The largest absolute Gasteiger partial charge is 0.465 e. The van der Waals surface area contributed by atoms with E-state index in [2.05, 4.69) is 20.7 Å². The van der Waals surface area contributed by atoms with Crippen LogP contribution in [0.15, 0.2) is 24.5 Å². The maximum atomic E-state index is 13.4. The number of carbonyl (C=O) groups excluding carboxylic acids is 1. The Morgan fingerprint density at radius 3 is 2.93 bits per heavy atom. The Bertz CT molecular complexity index is 855. The van der Waals surface area contributed by atoms with Gasteiger partial charge >= 0.3 is 12.6 Å². The highest BCUT2D eigenvalue weighted by Crippen LogP contribution is 2.33. The van der Waals surface area contributed by atoms with Gasteiger partial charge in [0.05, 0.1) is 23.6 Å². The topological polar surface area (TPSA) is 109 Å². The summed E-state index contributed by atoms with van der Waals surface area (Å²) >= 11 is 0. The zero-order valence-corrected chi connectivity index (χ0v) is 14.5. The Kier molecular flexibility index (Phi) is 5.33. The van der Waals surface area contributed by atoms with E-state index < -0.39 is 18.7 Å². The first-order valence-corrected chi connectivity index (χ1v) is 8.49. The number of nitrogens with zero attached hydrogens (tertiary/aromatic N) is 3. The van der Waals surface area contributed by atoms with Crippen LogP contribution in [0.1, 0.15) is 44.3 Å². The number of hydrogen-bond donors (Lipinski definition) is 3. The van der Waals surface area contributed by atoms with Crippen LogP contribution >= 0.6 is 0 Å². The minimum absolute atomic E-state index is 0.0259. The summed E-state index contributed by atoms with van der Waals surface area (Å²) in [5.74, 6) is -0.687. The van der Waals surface area contributed by atoms with Gasteiger partial charge < -0.3 is 15.7 Å². The number of rotatable bonds is 2. The first-order valence-electron chi connectivity index (χ1n) is 8.49. The van der Waals surface area contributed by atoms with Crippen molar-refractivity contribution in [3.63, 3.8) is 0 Å². The predicted octanol–water partition coefficient (Wildman–Crippen LogP) is 3.41. The van der Waals surface area contributed by atoms with Crippen LogP contribution in [-0.2, 0) is 4.79 Å². The van der Waals surface area contributed by atoms with Crippen molar-refractivity contribution >= 4 is 17.7 Å². The Morgan fingerprint density at radius 2 is 2.22 bits per heavy atom. The number of halogens is 2. The van der Waals surface area contributed by atoms with E-state index in [0.29, 0.717) is 29.5 Å². The quantitative estimate of drug-likeness (QED) is 0.741. The molecule has 2 bridgehead atoms. The summed E-state index contributed by atoms with van der Waals surface area (Å²) < 4.78 is 27.3. The molecular formula is C17H19F2N5O3. The van der Waals surface area contributed by atoms with Crippen LogP contribution in [0.5, 0.6) is 0 Å². The fourth-order valence-corrected chi connectivity index (χ4v) is 3.14. The van der Waals surface area contributed by atoms with Gasteiger partial charge in [-0.1, -0.05) is 13.3 Å². The van der Waals surface area contributed by atoms with Gasteiger partial charge in [-0.05, 0) is 30.5 Å². The van der Waals surface area contributed by atoms with Crippen molar-refractivity contribution < 1.29 is 23.5 Å². The summed E-state index contributed by atoms with van der Waals surface area (Å²) in [5.41, 5.74) is 0.892. The van der Waals surface area contributed by atoms with Gasteiger partial charge in [-0.15, -0.1) is 0 Å². The molecule has 2 aromatic heterocycles. The first kappa shape index (κ1) is 18.7. The lowest BCUT2D eigenvalue weighted by molar-refractivity contribution is -0.119. The third-order valence-corrected chi connectivity index (χ3v) is 4.54. The van der Waals surface area contributed by atoms with E-state index in [1.807, 2.05) is 0 Å². The number of fused-ring (bicyclic) bond motifs is 4. The standard InChI is InChI=1S/C17H19F2N5O3/c1-9-3-2-4-11(23-17(26)27)10-5-6-20-12(7-10)14-13(22-15(9)25)8-21-24(14)16(18)19/h5-9,11,16,23H,2-4H2,1H3,(H,22,25)(H,26,27)/t9-,11+/m1/s1. The molecule has 3 rings (SSSR count). The summed E-state index contributed by atoms with van der Waals surface area (Å²) in [6, 6.07) is 2.64. The normalized spacial score (nSPS) is 20.2. The molecule has 0 saturated heterocycles. The molecule has 2 atom stereocenters. The lowest BCUT2D eigenvalue weighted by Crippen LogP contribution is -2.27. The van der Waals surface area contributed by atoms with Crippen molar-refractivity contribution in [2.45, 2.75) is 38.8 Å². The van der Waals surface area contributed by atoms with Crippen molar-refractivity contribution in [3.05, 3.63) is 30.1 Å². The molecule has 10 heteroatoms. The Morgan fingerprint density at radius 1 is 1.44 bits per heavy atom. The fraction of sp³-hybridized carbons (Fsp3) is 0.412. The van der Waals surface area contributed by atoms with Crippen LogP contribution in [-0.4, -0.2) is 31.9 Å². The molecule has 1 aliphatic rings. The average molecular weight is 379 g/mol. The average Bonchev–Trinajstić information content (AvgIpc) is 3.03. The van der Waals surface area contributed by atoms with Crippen molar-refractivity contribution in [2.24, 2.45) is 5.92 Å². The molecule has 2 aromatic rings. The number of anilines is 1. The summed E-state index contributed by atoms with van der Waals surface area (Å²) in [6.07, 6.45) is 3.01. The second kappa shape index (κ2) is 7.68. The van der Waals surface area contributed by atoms with Crippen LogP contribution < -0.4 is 10.6 Å². The molecule has 0 unspecified atom stereocenters. The van der Waals surface area contributed by atoms with Crippen molar-refractivity contribution in [1.29, 1.82) is 0 Å². The zero-order chi connectivity index (χ0) is 19.6. The molecule has 8 nitrogen and oxygen atoms in total. The molecule has 0 aliphatic carbocycles. The Balaban J connectivity index is 2.13. The van der Waals surface area contributed by atoms with Gasteiger partial charge in [0.1, 0.15) is 5.69 Å². The van der Waals surface area contributed by atoms with Crippen LogP contribution in [0.3, 0.4) is 0 Å². The lowest BCUT2D eigenvalue weighted by atomic mass is 9.96. The van der Waals surface area contributed by atoms with Crippen molar-refractivity contribution in [2.75, 3.05) is 5.32 Å². The van der Waals surface area contributed by atoms with Gasteiger partial charge in [0.2, 0.25) is 5.91 Å². The highest BCUT2D eigenvalue weighted by molar-refractivity contribution is 5.95. The number of pyridine rings is 1. The van der Waals surface area contributed by atoms with Gasteiger partial charge in [-0.25, -0.2) is 4.79 Å². The van der Waals surface area contributed by atoms with Gasteiger partial charge in [0, 0.05) is 12.1 Å². The maximum Gasteiger partial charge on any atom is 0.405 e. The second-order valence-electron chi connectivity index (χ2n) is 6.43. The van der Waals surface area contributed by atoms with E-state index in [0.717, 1.165) is 0 Å². The van der Waals surface area contributed by atoms with Crippen LogP contribution in [0.2, 0.25) is 0 Å². The van der Waals surface area contributed by atoms with Crippen LogP contribution in [0.4, 0.5) is 19.3 Å². The lowest BCUT2D eigenvalue weighted by Gasteiger charge is -2.20. The number of carboxylic acid groups (broad SMARTS) is 1. The van der Waals surface area contributed by atoms with Crippen molar-refractivity contribution in [1.82, 2.24) is 20.1 Å². The summed E-state index contributed by atoms with van der Waals surface area (Å²) in [5, 5.41) is 17.9. The molecule has 0 radical (unpaired) electrons. The van der Waals surface area contributed by atoms with Gasteiger partial charge in [0.25, 0.3) is 0 Å². The SMILES string of the molecule is C[C@@H]1CCC[C@H](NC(=O)O)c2ccnc(c2)-c2c(cnn2C(F)F)NC1=O. The molecule has 144 valence electrons. The molecule has 27 heavy (non-hydrogen) atoms. The van der Waals surface area contributed by atoms with E-state index >= 15 is 0 Å². The summed E-state index contributed by atoms with van der Waals surface area (Å²) in [7, 11) is 0. The number of carbonyl (C=O) groups is 2. The van der Waals surface area contributed by atoms with Gasteiger partial charge in [0.15, 0.2) is 0 Å². The molecule has 1 aliphatic heterocycles. The number of amides is 2. The third kappa shape index (κ3) is 4.04. The molecular weight excluding hydrogens is 360 g/mol. The highest BCUT2D eigenvalue weighted by atomic mass is 19.3. The second-order valence-corrected chi connectivity index (χ2v) is 6.43. The molecule has 0 fully saturated rings. The Labute approximate surface area is 153 Å². The van der Waals surface area contributed by atoms with E-state index in [1.165, 1.54) is 18.5 Å². The Hall–Kier alpha value is -3.04. The molecule has 0 spiro atoms. The first-order chi connectivity index (χ1) is 12.9. The van der Waals surface area contributed by atoms with E-state index in [9.17, 15) is 18.4 Å². The van der Waals surface area contributed by atoms with Crippen LogP contribution in [0.25, 0.3) is 11.4 Å². The van der Waals surface area contributed by atoms with Crippen LogP contribution in [0, 0.1) is 5.92 Å². The number of aromatic nitrogens is 3. The zero-order valence-electron chi connectivity index (χ0n) is 14.5. The number of alkyl halides is 2. The molecule has 2 amide bonds. The minimum atomic E-state index is -2.92. The van der Waals surface area contributed by atoms with Gasteiger partial charge in [-0.2, -0.15) is 18.6 Å². The molecule has 3 heterocycles. The number of hydrogen-bond acceptors (Lipinski definition) is 4. The van der Waals surface area contributed by atoms with E-state index in [1.54, 1.807) is 13.0 Å². The third-order valence-electron chi connectivity index (χ3n) is 4.54. The van der Waals surface area contributed by atoms with Gasteiger partial charge in [-0.3, -0.25) is 9.78 Å². The number of nitrogens with one attached hydrogen (secondary N) is 2.